The van der Waals surface area contributed by atoms with Crippen molar-refractivity contribution >= 4 is 35.8 Å². The lowest BCUT2D eigenvalue weighted by Crippen LogP contribution is -2.43. The normalized spacial score (nSPS) is 18.1. The molecule has 150 valence electrons. The summed E-state index contributed by atoms with van der Waals surface area (Å²) in [4.78, 5) is 14.6. The highest BCUT2D eigenvalue weighted by Crippen LogP contribution is 2.42. The summed E-state index contributed by atoms with van der Waals surface area (Å²) in [5.41, 5.74) is 0.731. The van der Waals surface area contributed by atoms with Crippen molar-refractivity contribution in [2.24, 2.45) is 0 Å². The largest absolute Gasteiger partial charge is 0.486 e. The van der Waals surface area contributed by atoms with Crippen LogP contribution in [0.5, 0.6) is 11.5 Å². The minimum Gasteiger partial charge on any atom is -0.486 e. The molecular formula is C20H23ClN2O4S. The maximum atomic E-state index is 12.6. The third-order valence-electron chi connectivity index (χ3n) is 4.32. The number of nitrogens with one attached hydrogen (secondary N) is 2. The van der Waals surface area contributed by atoms with Crippen molar-refractivity contribution in [3.05, 3.63) is 42.5 Å². The number of halogens is 1. The van der Waals surface area contributed by atoms with Gasteiger partial charge in [0.15, 0.2) is 11.5 Å². The van der Waals surface area contributed by atoms with Gasteiger partial charge >= 0.3 is 0 Å². The molecule has 2 aromatic rings. The van der Waals surface area contributed by atoms with Gasteiger partial charge in [-0.05, 0) is 12.1 Å². The summed E-state index contributed by atoms with van der Waals surface area (Å²) in [6, 6.07) is 13.9. The number of hydrogen-bond donors (Lipinski definition) is 2. The Balaban J connectivity index is 0.00000225. The van der Waals surface area contributed by atoms with Crippen molar-refractivity contribution in [1.82, 2.24) is 5.32 Å². The molecule has 4 rings (SSSR count). The van der Waals surface area contributed by atoms with Crippen LogP contribution in [0.15, 0.2) is 52.3 Å². The minimum atomic E-state index is -0.0513. The smallest absolute Gasteiger partial charge is 0.226 e. The molecule has 1 amide bonds. The lowest BCUT2D eigenvalue weighted by atomic mass is 10.2. The number of anilines is 1. The molecule has 0 radical (unpaired) electrons. The molecule has 2 N–H and O–H groups in total. The van der Waals surface area contributed by atoms with Crippen LogP contribution in [0.3, 0.4) is 0 Å². The second kappa shape index (κ2) is 10.0. The van der Waals surface area contributed by atoms with Gasteiger partial charge in [0.2, 0.25) is 5.91 Å². The van der Waals surface area contributed by atoms with E-state index in [-0.39, 0.29) is 24.4 Å². The van der Waals surface area contributed by atoms with Gasteiger partial charge in [0.1, 0.15) is 13.2 Å². The number of fused-ring (bicyclic) bond motifs is 1. The van der Waals surface area contributed by atoms with Gasteiger partial charge in [0.05, 0.1) is 18.9 Å². The van der Waals surface area contributed by atoms with E-state index in [9.17, 15) is 4.79 Å². The zero-order valence-corrected chi connectivity index (χ0v) is 16.9. The van der Waals surface area contributed by atoms with Crippen molar-refractivity contribution in [1.29, 1.82) is 0 Å². The molecule has 2 aliphatic heterocycles. The number of rotatable bonds is 5. The summed E-state index contributed by atoms with van der Waals surface area (Å²) in [5, 5.41) is 6.34. The number of carbonyl (C=O) groups is 1. The van der Waals surface area contributed by atoms with Crippen LogP contribution in [0.4, 0.5) is 5.69 Å². The first-order valence-corrected chi connectivity index (χ1v) is 9.87. The molecule has 1 fully saturated rings. The number of amides is 1. The van der Waals surface area contributed by atoms with Gasteiger partial charge in [-0.3, -0.25) is 4.79 Å². The van der Waals surface area contributed by atoms with Crippen LogP contribution in [0.1, 0.15) is 6.42 Å². The fourth-order valence-corrected chi connectivity index (χ4v) is 3.98. The molecule has 0 saturated carbocycles. The molecule has 0 spiro atoms. The maximum absolute atomic E-state index is 12.6. The summed E-state index contributed by atoms with van der Waals surface area (Å²) in [7, 11) is 0. The molecule has 8 heteroatoms. The molecule has 0 aliphatic carbocycles. The van der Waals surface area contributed by atoms with Gasteiger partial charge in [-0.2, -0.15) is 0 Å². The van der Waals surface area contributed by atoms with Crippen molar-refractivity contribution in [3.63, 3.8) is 0 Å². The number of ether oxygens (including phenoxy) is 3. The van der Waals surface area contributed by atoms with E-state index in [0.29, 0.717) is 44.3 Å². The molecule has 1 unspecified atom stereocenters. The Hall–Kier alpha value is -1.93. The average molecular weight is 423 g/mol. The standard InChI is InChI=1S/C20H22N2O4S.ClH/c23-20(10-14-13-24-7-6-21-14)22-16-11-17-18(26-9-8-25-17)12-19(16)27-15-4-2-1-3-5-15;/h1-5,11-12,14,21H,6-10,13H2,(H,22,23);1H. The van der Waals surface area contributed by atoms with Gasteiger partial charge in [0.25, 0.3) is 0 Å². The molecule has 2 aliphatic rings. The summed E-state index contributed by atoms with van der Waals surface area (Å²) in [6.07, 6.45) is 0.365. The first kappa shape index (κ1) is 20.8. The van der Waals surface area contributed by atoms with E-state index in [1.54, 1.807) is 11.8 Å². The second-order valence-electron chi connectivity index (χ2n) is 6.39. The van der Waals surface area contributed by atoms with Gasteiger partial charge in [-0.25, -0.2) is 0 Å². The van der Waals surface area contributed by atoms with E-state index in [0.717, 1.165) is 22.0 Å². The highest BCUT2D eigenvalue weighted by atomic mass is 35.5. The Morgan fingerprint density at radius 2 is 1.86 bits per heavy atom. The van der Waals surface area contributed by atoms with Crippen molar-refractivity contribution in [2.45, 2.75) is 22.3 Å². The third-order valence-corrected chi connectivity index (χ3v) is 5.39. The highest BCUT2D eigenvalue weighted by Gasteiger charge is 2.20. The van der Waals surface area contributed by atoms with Gasteiger partial charge in [-0.1, -0.05) is 30.0 Å². The van der Waals surface area contributed by atoms with Crippen LogP contribution in [0.25, 0.3) is 0 Å². The van der Waals surface area contributed by atoms with E-state index < -0.39 is 0 Å². The second-order valence-corrected chi connectivity index (χ2v) is 7.50. The molecule has 6 nitrogen and oxygen atoms in total. The monoisotopic (exact) mass is 422 g/mol. The van der Waals surface area contributed by atoms with Gasteiger partial charge in [-0.15, -0.1) is 12.4 Å². The molecule has 1 atom stereocenters. The lowest BCUT2D eigenvalue weighted by molar-refractivity contribution is -0.117. The summed E-state index contributed by atoms with van der Waals surface area (Å²) < 4.78 is 16.8. The van der Waals surface area contributed by atoms with E-state index in [4.69, 9.17) is 14.2 Å². The first-order valence-electron chi connectivity index (χ1n) is 9.05. The topological polar surface area (TPSA) is 68.8 Å². The average Bonchev–Trinajstić information content (AvgIpc) is 2.70. The molecule has 2 heterocycles. The molecule has 28 heavy (non-hydrogen) atoms. The fraction of sp³-hybridized carbons (Fsp3) is 0.350. The zero-order chi connectivity index (χ0) is 18.5. The number of carbonyl (C=O) groups excluding carboxylic acids is 1. The number of benzene rings is 2. The first-order chi connectivity index (χ1) is 13.3. The predicted octanol–water partition coefficient (Wildman–Crippen LogP) is 3.35. The Morgan fingerprint density at radius 3 is 2.57 bits per heavy atom. The quantitative estimate of drug-likeness (QED) is 0.770. The van der Waals surface area contributed by atoms with Gasteiger partial charge < -0.3 is 24.8 Å². The Kier molecular flexibility index (Phi) is 7.44. The van der Waals surface area contributed by atoms with Gasteiger partial charge in [0, 0.05) is 40.9 Å². The molecule has 0 aromatic heterocycles. The summed E-state index contributed by atoms with van der Waals surface area (Å²) >= 11 is 1.58. The van der Waals surface area contributed by atoms with E-state index >= 15 is 0 Å². The third kappa shape index (κ3) is 5.32. The minimum absolute atomic E-state index is 0. The predicted molar refractivity (Wildman–Crippen MR) is 111 cm³/mol. The highest BCUT2D eigenvalue weighted by molar-refractivity contribution is 7.99. The Bertz CT molecular complexity index is 800. The van der Waals surface area contributed by atoms with Crippen molar-refractivity contribution in [2.75, 3.05) is 38.3 Å². The van der Waals surface area contributed by atoms with Crippen molar-refractivity contribution < 1.29 is 19.0 Å². The Morgan fingerprint density at radius 1 is 1.11 bits per heavy atom. The number of morpholine rings is 1. The molecule has 2 aromatic carbocycles. The lowest BCUT2D eigenvalue weighted by Gasteiger charge is -2.24. The Labute approximate surface area is 174 Å². The van der Waals surface area contributed by atoms with Crippen molar-refractivity contribution in [3.8, 4) is 11.5 Å². The van der Waals surface area contributed by atoms with Crippen LogP contribution in [-0.2, 0) is 9.53 Å². The van der Waals surface area contributed by atoms with Crippen LogP contribution in [-0.4, -0.2) is 44.9 Å². The van der Waals surface area contributed by atoms with Crippen LogP contribution in [0, 0.1) is 0 Å². The van der Waals surface area contributed by atoms with E-state index in [1.165, 1.54) is 0 Å². The molecule has 0 bridgehead atoms. The summed E-state index contributed by atoms with van der Waals surface area (Å²) in [5.74, 6) is 1.32. The summed E-state index contributed by atoms with van der Waals surface area (Å²) in [6.45, 7) is 3.06. The molecule has 1 saturated heterocycles. The van der Waals surface area contributed by atoms with Crippen LogP contribution >= 0.6 is 24.2 Å². The van der Waals surface area contributed by atoms with E-state index in [2.05, 4.69) is 10.6 Å². The van der Waals surface area contributed by atoms with Crippen LogP contribution in [0.2, 0.25) is 0 Å². The molecular weight excluding hydrogens is 400 g/mol. The number of hydrogen-bond acceptors (Lipinski definition) is 6. The van der Waals surface area contributed by atoms with Crippen LogP contribution < -0.4 is 20.1 Å². The SMILES string of the molecule is Cl.O=C(CC1COCCN1)Nc1cc2c(cc1Sc1ccccc1)OCCO2. The maximum Gasteiger partial charge on any atom is 0.226 e. The fourth-order valence-electron chi connectivity index (χ4n) is 3.04. The zero-order valence-electron chi connectivity index (χ0n) is 15.3. The van der Waals surface area contributed by atoms with E-state index in [1.807, 2.05) is 42.5 Å².